The van der Waals surface area contributed by atoms with Gasteiger partial charge in [0.2, 0.25) is 11.8 Å². The Bertz CT molecular complexity index is 848. The molecule has 0 aromatic heterocycles. The lowest BCUT2D eigenvalue weighted by molar-refractivity contribution is -0.143. The number of amides is 2. The first-order chi connectivity index (χ1) is 20.9. The molecular formula is C29H54N4O11. The van der Waals surface area contributed by atoms with Gasteiger partial charge in [0.1, 0.15) is 30.6 Å². The lowest BCUT2D eigenvalue weighted by Crippen LogP contribution is -2.49. The van der Waals surface area contributed by atoms with Gasteiger partial charge in [-0.05, 0) is 38.6 Å². The van der Waals surface area contributed by atoms with Crippen LogP contribution in [0.25, 0.3) is 0 Å². The van der Waals surface area contributed by atoms with E-state index in [9.17, 15) is 49.5 Å². The molecule has 0 aliphatic heterocycles. The zero-order chi connectivity index (χ0) is 33.5. The summed E-state index contributed by atoms with van der Waals surface area (Å²) in [4.78, 5) is 59.8. The van der Waals surface area contributed by atoms with Gasteiger partial charge in [-0.1, -0.05) is 44.9 Å². The van der Waals surface area contributed by atoms with Crippen molar-refractivity contribution in [3.05, 3.63) is 0 Å². The number of aliphatic hydroxyl groups excluding tert-OH is 5. The lowest BCUT2D eigenvalue weighted by Gasteiger charge is -2.25. The van der Waals surface area contributed by atoms with Crippen LogP contribution in [0.3, 0.4) is 0 Å². The minimum Gasteiger partial charge on any atom is -0.480 e. The maximum absolute atomic E-state index is 12.5. The average molecular weight is 635 g/mol. The summed E-state index contributed by atoms with van der Waals surface area (Å²) >= 11 is 0. The molecule has 1 unspecified atom stereocenters. The van der Waals surface area contributed by atoms with Gasteiger partial charge in [0.05, 0.1) is 24.7 Å². The molecule has 0 fully saturated rings. The van der Waals surface area contributed by atoms with E-state index in [0.29, 0.717) is 44.9 Å². The van der Waals surface area contributed by atoms with Gasteiger partial charge in [-0.15, -0.1) is 0 Å². The summed E-state index contributed by atoms with van der Waals surface area (Å²) in [5.41, 5.74) is 11.3. The fourth-order valence-electron chi connectivity index (χ4n) is 4.53. The minimum atomic E-state index is -1.75. The van der Waals surface area contributed by atoms with Gasteiger partial charge in [-0.3, -0.25) is 14.4 Å². The normalized spacial score (nSPS) is 16.2. The van der Waals surface area contributed by atoms with Crippen LogP contribution in [0.5, 0.6) is 0 Å². The molecule has 0 bridgehead atoms. The molecule has 44 heavy (non-hydrogen) atoms. The molecule has 15 heteroatoms. The molecule has 12 N–H and O–H groups in total. The summed E-state index contributed by atoms with van der Waals surface area (Å²) in [6.07, 6.45) is 1.76. The number of carbonyl (C=O) groups excluding carboxylic acids is 4. The van der Waals surface area contributed by atoms with Gasteiger partial charge in [-0.2, -0.15) is 0 Å². The van der Waals surface area contributed by atoms with E-state index in [1.165, 1.54) is 0 Å². The van der Waals surface area contributed by atoms with Gasteiger partial charge < -0.3 is 57.5 Å². The van der Waals surface area contributed by atoms with Crippen LogP contribution >= 0.6 is 0 Å². The van der Waals surface area contributed by atoms with Gasteiger partial charge in [0, 0.05) is 19.4 Å². The number of nitrogens with two attached hydrogens (primary N) is 2. The number of aliphatic carboxylic acids is 1. The fourth-order valence-corrected chi connectivity index (χ4v) is 4.53. The van der Waals surface area contributed by atoms with Crippen molar-refractivity contribution in [2.75, 3.05) is 19.7 Å². The first-order valence-corrected chi connectivity index (χ1v) is 15.5. The predicted octanol–water partition coefficient (Wildman–Crippen LogP) is -1.76. The van der Waals surface area contributed by atoms with Crippen LogP contribution in [0, 0.1) is 5.92 Å². The van der Waals surface area contributed by atoms with Gasteiger partial charge in [0.25, 0.3) is 0 Å². The highest BCUT2D eigenvalue weighted by molar-refractivity contribution is 5.97. The molecular weight excluding hydrogens is 580 g/mol. The Labute approximate surface area is 258 Å². The molecule has 0 radical (unpaired) electrons. The SMILES string of the molecule is NCCCC[C@H](N)C(=O)C(C=O)C[C@H](NC(=O)CCCCCCCCCCC(=O)NC[C@H](O)[C@@H](O)[C@H](O)[C@H](O)CO)C(=O)O. The Hall–Kier alpha value is -2.53. The van der Waals surface area contributed by atoms with E-state index in [2.05, 4.69) is 10.6 Å². The molecule has 15 nitrogen and oxygen atoms in total. The monoisotopic (exact) mass is 634 g/mol. The Morgan fingerprint density at radius 3 is 1.77 bits per heavy atom. The number of carboxylic acids is 1. The molecule has 0 aliphatic rings. The van der Waals surface area contributed by atoms with Crippen molar-refractivity contribution in [1.29, 1.82) is 0 Å². The maximum atomic E-state index is 12.5. The summed E-state index contributed by atoms with van der Waals surface area (Å²) in [5, 5.41) is 61.5. The van der Waals surface area contributed by atoms with E-state index in [1.54, 1.807) is 0 Å². The number of hydrogen-bond acceptors (Lipinski definition) is 12. The molecule has 256 valence electrons. The molecule has 0 spiro atoms. The van der Waals surface area contributed by atoms with E-state index in [4.69, 9.17) is 16.6 Å². The Morgan fingerprint density at radius 1 is 0.750 bits per heavy atom. The van der Waals surface area contributed by atoms with Crippen molar-refractivity contribution in [3.63, 3.8) is 0 Å². The number of aldehydes is 1. The smallest absolute Gasteiger partial charge is 0.326 e. The van der Waals surface area contributed by atoms with Crippen molar-refractivity contribution in [2.24, 2.45) is 17.4 Å². The van der Waals surface area contributed by atoms with E-state index < -0.39 is 66.7 Å². The van der Waals surface area contributed by atoms with Gasteiger partial charge in [0.15, 0.2) is 5.78 Å². The molecule has 0 rings (SSSR count). The highest BCUT2D eigenvalue weighted by Crippen LogP contribution is 2.14. The van der Waals surface area contributed by atoms with Crippen LogP contribution in [-0.2, 0) is 24.0 Å². The third-order valence-electron chi connectivity index (χ3n) is 7.38. The molecule has 0 aromatic carbocycles. The quantitative estimate of drug-likeness (QED) is 0.0260. The summed E-state index contributed by atoms with van der Waals surface area (Å²) in [6.45, 7) is -0.646. The number of nitrogens with one attached hydrogen (secondary N) is 2. The second-order valence-corrected chi connectivity index (χ2v) is 11.2. The minimum absolute atomic E-state index is 0.115. The molecule has 0 saturated heterocycles. The van der Waals surface area contributed by atoms with Crippen LogP contribution < -0.4 is 22.1 Å². The number of rotatable bonds is 28. The Kier molecular flexibility index (Phi) is 23.3. The number of unbranched alkanes of at least 4 members (excludes halogenated alkanes) is 8. The predicted molar refractivity (Wildman–Crippen MR) is 160 cm³/mol. The third kappa shape index (κ3) is 18.3. The van der Waals surface area contributed by atoms with Crippen LogP contribution in [0.1, 0.15) is 89.9 Å². The van der Waals surface area contributed by atoms with Crippen molar-refractivity contribution in [2.45, 2.75) is 126 Å². The number of carbonyl (C=O) groups is 5. The lowest BCUT2D eigenvalue weighted by atomic mass is 9.90. The molecule has 0 aromatic rings. The van der Waals surface area contributed by atoms with E-state index >= 15 is 0 Å². The van der Waals surface area contributed by atoms with Gasteiger partial charge >= 0.3 is 5.97 Å². The van der Waals surface area contributed by atoms with E-state index in [0.717, 1.165) is 38.5 Å². The summed E-state index contributed by atoms with van der Waals surface area (Å²) in [5.74, 6) is -3.91. The summed E-state index contributed by atoms with van der Waals surface area (Å²) in [6, 6.07) is -2.28. The molecule has 0 aliphatic carbocycles. The van der Waals surface area contributed by atoms with E-state index in [1.807, 2.05) is 0 Å². The third-order valence-corrected chi connectivity index (χ3v) is 7.38. The highest BCUT2D eigenvalue weighted by atomic mass is 16.4. The molecule has 0 saturated carbocycles. The number of hydrogen-bond donors (Lipinski definition) is 10. The highest BCUT2D eigenvalue weighted by Gasteiger charge is 2.31. The standard InChI is InChI=1S/C29H54N4O11/c30-14-10-9-11-20(31)26(40)19(17-34)15-21(29(43)44)33-25(39)13-8-6-4-2-1-3-5-7-12-24(38)32-16-22(36)27(41)28(42)23(37)18-35/h17,19-23,27-28,35-37,41-42H,1-16,18,30-31H2,(H,32,38)(H,33,39)(H,43,44)/t19?,20-,21-,22-,23+,27+,28+/m0/s1. The van der Waals surface area contributed by atoms with Crippen LogP contribution in [0.15, 0.2) is 0 Å². The second-order valence-electron chi connectivity index (χ2n) is 11.2. The molecule has 2 amide bonds. The number of Topliss-reactive ketones (excluding diaryl/α,β-unsaturated/α-hetero) is 1. The summed E-state index contributed by atoms with van der Waals surface area (Å²) < 4.78 is 0. The Morgan fingerprint density at radius 2 is 1.27 bits per heavy atom. The first-order valence-electron chi connectivity index (χ1n) is 15.5. The number of carboxylic acid groups (broad SMARTS) is 1. The van der Waals surface area contributed by atoms with E-state index in [-0.39, 0.29) is 31.7 Å². The Balaban J connectivity index is 4.10. The fraction of sp³-hybridized carbons (Fsp3) is 0.828. The average Bonchev–Trinajstić information content (AvgIpc) is 3.00. The maximum Gasteiger partial charge on any atom is 0.326 e. The largest absolute Gasteiger partial charge is 0.480 e. The zero-order valence-corrected chi connectivity index (χ0v) is 25.5. The van der Waals surface area contributed by atoms with Crippen molar-refractivity contribution >= 4 is 29.9 Å². The van der Waals surface area contributed by atoms with Gasteiger partial charge in [-0.25, -0.2) is 4.79 Å². The van der Waals surface area contributed by atoms with Crippen LogP contribution in [0.4, 0.5) is 0 Å². The zero-order valence-electron chi connectivity index (χ0n) is 25.5. The van der Waals surface area contributed by atoms with Crippen LogP contribution in [0.2, 0.25) is 0 Å². The summed E-state index contributed by atoms with van der Waals surface area (Å²) in [7, 11) is 0. The second kappa shape index (κ2) is 24.8. The first kappa shape index (κ1) is 41.5. The van der Waals surface area contributed by atoms with Crippen LogP contribution in [-0.4, -0.2) is 117 Å². The number of aliphatic hydroxyl groups is 5. The van der Waals surface area contributed by atoms with Crippen molar-refractivity contribution in [3.8, 4) is 0 Å². The molecule has 0 heterocycles. The topological polar surface area (TPSA) is 283 Å². The van der Waals surface area contributed by atoms with Crippen molar-refractivity contribution < 1.29 is 54.6 Å². The molecule has 7 atom stereocenters. The van der Waals surface area contributed by atoms with Crippen molar-refractivity contribution in [1.82, 2.24) is 10.6 Å². The number of ketones is 1.